The molecule has 45 heavy (non-hydrogen) atoms. The van der Waals surface area contributed by atoms with Gasteiger partial charge in [0.15, 0.2) is 17.5 Å². The van der Waals surface area contributed by atoms with E-state index in [9.17, 15) is 0 Å². The van der Waals surface area contributed by atoms with Crippen LogP contribution in [-0.4, -0.2) is 19.9 Å². The van der Waals surface area contributed by atoms with Crippen LogP contribution >= 0.6 is 11.3 Å². The van der Waals surface area contributed by atoms with Crippen molar-refractivity contribution in [3.05, 3.63) is 146 Å². The van der Waals surface area contributed by atoms with Crippen molar-refractivity contribution in [3.63, 3.8) is 0 Å². The first-order chi connectivity index (χ1) is 22.3. The van der Waals surface area contributed by atoms with Crippen LogP contribution in [0.1, 0.15) is 0 Å². The summed E-state index contributed by atoms with van der Waals surface area (Å²) in [6, 6.07) is 46.4. The van der Waals surface area contributed by atoms with Crippen molar-refractivity contribution in [3.8, 4) is 45.3 Å². The number of fused-ring (bicyclic) bond motifs is 6. The Kier molecular flexibility index (Phi) is 5.96. The Morgan fingerprint density at radius 3 is 1.80 bits per heavy atom. The molecule has 9 aromatic rings. The summed E-state index contributed by atoms with van der Waals surface area (Å²) in [6.07, 6.45) is 3.86. The smallest absolute Gasteiger partial charge is 0.164 e. The molecule has 0 saturated carbocycles. The fraction of sp³-hybridized carbons (Fsp3) is 0. The SMILES string of the molecule is c1ccc(-c2nc(-c3ccccc3)nc(-c3ccc(-c4cccc5ccc6c7cnccc7sc6c45)c4ccccc34)n2)cc1. The van der Waals surface area contributed by atoms with Crippen molar-refractivity contribution in [1.82, 2.24) is 19.9 Å². The van der Waals surface area contributed by atoms with Crippen LogP contribution in [0.5, 0.6) is 0 Å². The molecule has 0 aliphatic carbocycles. The van der Waals surface area contributed by atoms with Gasteiger partial charge in [-0.2, -0.15) is 0 Å². The van der Waals surface area contributed by atoms with E-state index >= 15 is 0 Å². The molecule has 0 spiro atoms. The van der Waals surface area contributed by atoms with Crippen LogP contribution in [0, 0.1) is 0 Å². The number of thiophene rings is 1. The average Bonchev–Trinajstić information content (AvgIpc) is 3.50. The molecule has 0 bridgehead atoms. The van der Waals surface area contributed by atoms with Crippen LogP contribution in [0.2, 0.25) is 0 Å². The molecule has 3 heterocycles. The first kappa shape index (κ1) is 25.7. The van der Waals surface area contributed by atoms with Crippen LogP contribution in [0.4, 0.5) is 0 Å². The molecule has 5 heteroatoms. The molecule has 210 valence electrons. The van der Waals surface area contributed by atoms with Crippen molar-refractivity contribution >= 4 is 53.1 Å². The highest BCUT2D eigenvalue weighted by molar-refractivity contribution is 7.26. The van der Waals surface area contributed by atoms with Gasteiger partial charge in [-0.05, 0) is 39.4 Å². The molecular formula is C40H24N4S. The van der Waals surface area contributed by atoms with Gasteiger partial charge in [-0.3, -0.25) is 4.98 Å². The van der Waals surface area contributed by atoms with Crippen LogP contribution in [0.3, 0.4) is 0 Å². The molecule has 4 nitrogen and oxygen atoms in total. The number of benzene rings is 6. The highest BCUT2D eigenvalue weighted by Crippen LogP contribution is 2.44. The number of hydrogen-bond donors (Lipinski definition) is 0. The number of rotatable bonds is 4. The molecule has 0 aliphatic rings. The minimum absolute atomic E-state index is 0.655. The zero-order valence-corrected chi connectivity index (χ0v) is 24.9. The molecule has 0 N–H and O–H groups in total. The first-order valence-electron chi connectivity index (χ1n) is 14.9. The Labute approximate surface area is 263 Å². The van der Waals surface area contributed by atoms with E-state index in [1.807, 2.05) is 84.4 Å². The third-order valence-corrected chi connectivity index (χ3v) is 9.64. The topological polar surface area (TPSA) is 51.6 Å². The number of hydrogen-bond acceptors (Lipinski definition) is 5. The van der Waals surface area contributed by atoms with E-state index < -0.39 is 0 Å². The Balaban J connectivity index is 1.29. The first-order valence-corrected chi connectivity index (χ1v) is 15.7. The summed E-state index contributed by atoms with van der Waals surface area (Å²) in [5.74, 6) is 1.97. The lowest BCUT2D eigenvalue weighted by atomic mass is 9.91. The summed E-state index contributed by atoms with van der Waals surface area (Å²) in [4.78, 5) is 19.4. The van der Waals surface area contributed by atoms with Gasteiger partial charge < -0.3 is 0 Å². The van der Waals surface area contributed by atoms with Crippen LogP contribution in [0.25, 0.3) is 87.0 Å². The van der Waals surface area contributed by atoms with Gasteiger partial charge in [0.1, 0.15) is 0 Å². The highest BCUT2D eigenvalue weighted by Gasteiger charge is 2.18. The summed E-state index contributed by atoms with van der Waals surface area (Å²) in [5, 5.41) is 7.20. The van der Waals surface area contributed by atoms with Gasteiger partial charge >= 0.3 is 0 Å². The highest BCUT2D eigenvalue weighted by atomic mass is 32.1. The second-order valence-corrected chi connectivity index (χ2v) is 12.1. The lowest BCUT2D eigenvalue weighted by molar-refractivity contribution is 1.08. The fourth-order valence-electron chi connectivity index (χ4n) is 6.33. The Bertz CT molecular complexity index is 2480. The molecule has 0 saturated heterocycles. The van der Waals surface area contributed by atoms with E-state index in [1.165, 1.54) is 42.1 Å². The quantitative estimate of drug-likeness (QED) is 0.204. The maximum absolute atomic E-state index is 5.04. The monoisotopic (exact) mass is 592 g/mol. The van der Waals surface area contributed by atoms with Crippen LogP contribution in [-0.2, 0) is 0 Å². The lowest BCUT2D eigenvalue weighted by Gasteiger charge is -2.15. The van der Waals surface area contributed by atoms with Gasteiger partial charge in [-0.25, -0.2) is 15.0 Å². The maximum Gasteiger partial charge on any atom is 0.164 e. The molecule has 0 fully saturated rings. The maximum atomic E-state index is 5.04. The molecule has 0 aliphatic heterocycles. The number of aromatic nitrogens is 4. The molecule has 0 unspecified atom stereocenters. The Morgan fingerprint density at radius 1 is 0.422 bits per heavy atom. The summed E-state index contributed by atoms with van der Waals surface area (Å²) in [6.45, 7) is 0. The number of pyridine rings is 1. The van der Waals surface area contributed by atoms with Crippen molar-refractivity contribution in [2.45, 2.75) is 0 Å². The van der Waals surface area contributed by atoms with Crippen molar-refractivity contribution in [1.29, 1.82) is 0 Å². The zero-order chi connectivity index (χ0) is 29.7. The molecule has 0 atom stereocenters. The van der Waals surface area contributed by atoms with E-state index in [0.717, 1.165) is 27.5 Å². The minimum atomic E-state index is 0.655. The molecule has 3 aromatic heterocycles. The molecule has 6 aromatic carbocycles. The zero-order valence-electron chi connectivity index (χ0n) is 24.1. The minimum Gasteiger partial charge on any atom is -0.264 e. The second-order valence-electron chi connectivity index (χ2n) is 11.1. The van der Waals surface area contributed by atoms with Crippen molar-refractivity contribution in [2.24, 2.45) is 0 Å². The Morgan fingerprint density at radius 2 is 1.07 bits per heavy atom. The van der Waals surface area contributed by atoms with Crippen molar-refractivity contribution < 1.29 is 0 Å². The normalized spacial score (nSPS) is 11.6. The van der Waals surface area contributed by atoms with Crippen molar-refractivity contribution in [2.75, 3.05) is 0 Å². The van der Waals surface area contributed by atoms with E-state index in [1.54, 1.807) is 0 Å². The van der Waals surface area contributed by atoms with E-state index in [0.29, 0.717) is 17.5 Å². The van der Waals surface area contributed by atoms with Crippen LogP contribution < -0.4 is 0 Å². The fourth-order valence-corrected chi connectivity index (χ4v) is 7.57. The third-order valence-electron chi connectivity index (χ3n) is 8.44. The molecule has 9 rings (SSSR count). The van der Waals surface area contributed by atoms with Gasteiger partial charge in [0.05, 0.1) is 0 Å². The standard InChI is InChI=1S/C40H24N4S/c1-3-10-26(11-4-1)38-42-39(27-12-5-2-6-13-27)44-40(43-38)33-21-20-30(28-15-7-8-16-29(28)33)31-17-9-14-25-18-19-32-34-24-41-23-22-35(34)45-37(32)36(25)31/h1-24H. The predicted molar refractivity (Wildman–Crippen MR) is 187 cm³/mol. The summed E-state index contributed by atoms with van der Waals surface area (Å²) in [7, 11) is 0. The summed E-state index contributed by atoms with van der Waals surface area (Å²) < 4.78 is 2.54. The van der Waals surface area contributed by atoms with Gasteiger partial charge in [0.2, 0.25) is 0 Å². The average molecular weight is 593 g/mol. The van der Waals surface area contributed by atoms with Gasteiger partial charge in [-0.1, -0.05) is 121 Å². The summed E-state index contributed by atoms with van der Waals surface area (Å²) in [5.41, 5.74) is 5.29. The molecule has 0 radical (unpaired) electrons. The second kappa shape index (κ2) is 10.4. The molecular weight excluding hydrogens is 569 g/mol. The Hall–Kier alpha value is -5.78. The van der Waals surface area contributed by atoms with Gasteiger partial charge in [-0.15, -0.1) is 11.3 Å². The number of nitrogens with zero attached hydrogens (tertiary/aromatic N) is 4. The largest absolute Gasteiger partial charge is 0.264 e. The van der Waals surface area contributed by atoms with Gasteiger partial charge in [0, 0.05) is 54.6 Å². The van der Waals surface area contributed by atoms with E-state index in [4.69, 9.17) is 15.0 Å². The predicted octanol–water partition coefficient (Wildman–Crippen LogP) is 10.6. The van der Waals surface area contributed by atoms with Crippen LogP contribution in [0.15, 0.2) is 146 Å². The third kappa shape index (κ3) is 4.28. The molecule has 0 amide bonds. The lowest BCUT2D eigenvalue weighted by Crippen LogP contribution is -2.00. The van der Waals surface area contributed by atoms with Gasteiger partial charge in [0.25, 0.3) is 0 Å². The van der Waals surface area contributed by atoms with E-state index in [-0.39, 0.29) is 0 Å². The van der Waals surface area contributed by atoms with E-state index in [2.05, 4.69) is 77.8 Å². The summed E-state index contributed by atoms with van der Waals surface area (Å²) >= 11 is 1.84.